The monoisotopic (exact) mass is 1680 g/mol. The van der Waals surface area contributed by atoms with Gasteiger partial charge in [0.25, 0.3) is 0 Å². The number of nitrogens with zero attached hydrogens (tertiary/aromatic N) is 10. The molecule has 10 nitrogen and oxygen atoms in total. The van der Waals surface area contributed by atoms with Crippen LogP contribution in [0.3, 0.4) is 0 Å². The molecule has 0 saturated heterocycles. The fourth-order valence-electron chi connectivity index (χ4n) is 20.6. The second-order valence-corrected chi connectivity index (χ2v) is 34.5. The fraction of sp³-hybridized carbons (Fsp3) is 0. The highest BCUT2D eigenvalue weighted by molar-refractivity contribution is 6.17. The van der Waals surface area contributed by atoms with Gasteiger partial charge >= 0.3 is 0 Å². The van der Waals surface area contributed by atoms with E-state index in [0.29, 0.717) is 35.2 Å². The van der Waals surface area contributed by atoms with Crippen LogP contribution in [0.4, 0.5) is 0 Å². The van der Waals surface area contributed by atoms with Gasteiger partial charge < -0.3 is 9.13 Å². The van der Waals surface area contributed by atoms with E-state index in [2.05, 4.69) is 467 Å². The molecule has 0 amide bonds. The van der Waals surface area contributed by atoms with Gasteiger partial charge in [0.15, 0.2) is 23.3 Å². The van der Waals surface area contributed by atoms with Gasteiger partial charge in [0.1, 0.15) is 0 Å². The summed E-state index contributed by atoms with van der Waals surface area (Å²) in [7, 11) is 0. The molecule has 0 aliphatic carbocycles. The third kappa shape index (κ3) is 12.3. The summed E-state index contributed by atoms with van der Waals surface area (Å²) >= 11 is 0. The Hall–Kier alpha value is -17.9. The highest BCUT2D eigenvalue weighted by atomic mass is 15.2. The molecular weight excluding hydrogens is 1610 g/mol. The summed E-state index contributed by atoms with van der Waals surface area (Å²) in [5, 5.41) is 28.7. The van der Waals surface area contributed by atoms with E-state index in [1.54, 1.807) is 0 Å². The summed E-state index contributed by atoms with van der Waals surface area (Å²) in [5.41, 5.74) is 19.5. The Kier molecular flexibility index (Phi) is 16.9. The zero-order valence-corrected chi connectivity index (χ0v) is 71.2. The number of rotatable bonds is 10. The van der Waals surface area contributed by atoms with E-state index in [-0.39, 0.29) is 0 Å². The molecule has 0 N–H and O–H groups in total. The molecule has 612 valence electrons. The lowest BCUT2D eigenvalue weighted by Gasteiger charge is -2.12. The van der Waals surface area contributed by atoms with Gasteiger partial charge in [0.2, 0.25) is 11.9 Å². The van der Waals surface area contributed by atoms with Crippen LogP contribution in [0.15, 0.2) is 449 Å². The van der Waals surface area contributed by atoms with Gasteiger partial charge in [0, 0.05) is 76.7 Å². The molecule has 0 aliphatic heterocycles. The number of benzene rings is 22. The minimum absolute atomic E-state index is 0.575. The van der Waals surface area contributed by atoms with Gasteiger partial charge in [-0.1, -0.05) is 328 Å². The lowest BCUT2D eigenvalue weighted by atomic mass is 10.0. The first kappa shape index (κ1) is 74.4. The maximum Gasteiger partial charge on any atom is 0.238 e. The van der Waals surface area contributed by atoms with E-state index in [9.17, 15) is 0 Å². The van der Waals surface area contributed by atoms with Crippen molar-refractivity contribution >= 4 is 173 Å². The Morgan fingerprint density at radius 2 is 0.356 bits per heavy atom. The smallest absolute Gasteiger partial charge is 0.238 e. The molecule has 28 rings (SSSR count). The van der Waals surface area contributed by atoms with Crippen LogP contribution in [0.1, 0.15) is 0 Å². The summed E-state index contributed by atoms with van der Waals surface area (Å²) in [6, 6.07) is 161. The Morgan fingerprint density at radius 1 is 0.121 bits per heavy atom. The maximum absolute atomic E-state index is 5.28. The number of fused-ring (bicyclic) bond motifs is 22. The molecule has 6 heterocycles. The molecule has 0 fully saturated rings. The van der Waals surface area contributed by atoms with Crippen LogP contribution < -0.4 is 0 Å². The first-order valence-corrected chi connectivity index (χ1v) is 44.8. The third-order valence-electron chi connectivity index (χ3n) is 27.0. The van der Waals surface area contributed by atoms with E-state index in [1.807, 2.05) is 0 Å². The summed E-state index contributed by atoms with van der Waals surface area (Å²) in [6.07, 6.45) is 0. The molecule has 0 aliphatic rings. The van der Waals surface area contributed by atoms with Gasteiger partial charge in [-0.15, -0.1) is 0 Å². The second kappa shape index (κ2) is 29.9. The van der Waals surface area contributed by atoms with Crippen LogP contribution in [0.25, 0.3) is 264 Å². The van der Waals surface area contributed by atoms with E-state index >= 15 is 0 Å². The molecule has 0 atom stereocenters. The Labute approximate surface area is 756 Å². The predicted molar refractivity (Wildman–Crippen MR) is 550 cm³/mol. The van der Waals surface area contributed by atoms with Crippen LogP contribution in [0.5, 0.6) is 0 Å². The maximum atomic E-state index is 5.28. The van der Waals surface area contributed by atoms with Crippen LogP contribution in [-0.4, -0.2) is 48.2 Å². The zero-order chi connectivity index (χ0) is 86.6. The van der Waals surface area contributed by atoms with E-state index < -0.39 is 0 Å². The first-order chi connectivity index (χ1) is 65.4. The molecule has 0 bridgehead atoms. The minimum atomic E-state index is 0.575. The highest BCUT2D eigenvalue weighted by Crippen LogP contribution is 2.44. The lowest BCUT2D eigenvalue weighted by molar-refractivity contribution is 0.953. The van der Waals surface area contributed by atoms with Crippen molar-refractivity contribution in [2.75, 3.05) is 0 Å². The SMILES string of the molecule is c1ccc2cc(-c3nc(-c4ccc5ccccc5c4)nc(-n4c5ccccc5c5cc(-c6ccc7c(c6)c6ccccc6n7-c6ccc7c(ccc8ccccc87)c6)ccc54)n3)ccc2c1.c1ccc2cc(-c3nc(-c4ccc5ccccc5c4)nc(-n4c5ccccc5c5cc(-c6ccc7c(c6)c6ccccc6n7-c6ccc7ccc8ccccc8c7c6)ccc54)n3)ccc2c1. The highest BCUT2D eigenvalue weighted by Gasteiger charge is 2.25. The van der Waals surface area contributed by atoms with Crippen LogP contribution >= 0.6 is 0 Å². The molecule has 22 aromatic carbocycles. The van der Waals surface area contributed by atoms with Gasteiger partial charge in [-0.3, -0.25) is 9.13 Å². The van der Waals surface area contributed by atoms with Gasteiger partial charge in [-0.25, -0.2) is 9.97 Å². The number of para-hydroxylation sites is 4. The molecule has 0 saturated carbocycles. The number of hydrogen-bond acceptors (Lipinski definition) is 6. The molecule has 132 heavy (non-hydrogen) atoms. The van der Waals surface area contributed by atoms with E-state index in [0.717, 1.165) is 121 Å². The minimum Gasteiger partial charge on any atom is -0.309 e. The van der Waals surface area contributed by atoms with Crippen molar-refractivity contribution in [2.45, 2.75) is 0 Å². The summed E-state index contributed by atoms with van der Waals surface area (Å²) in [5.74, 6) is 3.65. The predicted octanol–water partition coefficient (Wildman–Crippen LogP) is 31.4. The number of hydrogen-bond donors (Lipinski definition) is 0. The van der Waals surface area contributed by atoms with Crippen molar-refractivity contribution in [1.82, 2.24) is 48.2 Å². The van der Waals surface area contributed by atoms with Crippen LogP contribution in [-0.2, 0) is 0 Å². The molecule has 10 heteroatoms. The van der Waals surface area contributed by atoms with Crippen molar-refractivity contribution in [3.05, 3.63) is 449 Å². The van der Waals surface area contributed by atoms with Gasteiger partial charge in [-0.05, 0) is 230 Å². The molecule has 28 aromatic rings. The average Bonchev–Trinajstić information content (AvgIpc) is 1.58. The van der Waals surface area contributed by atoms with Crippen LogP contribution in [0, 0.1) is 0 Å². The Balaban J connectivity index is 0.000000135. The Morgan fingerprint density at radius 3 is 0.720 bits per heavy atom. The molecule has 0 radical (unpaired) electrons. The molecular formula is C122H74N10. The van der Waals surface area contributed by atoms with E-state index in [1.165, 1.54) is 108 Å². The quantitative estimate of drug-likeness (QED) is 0.127. The zero-order valence-electron chi connectivity index (χ0n) is 71.2. The second-order valence-electron chi connectivity index (χ2n) is 34.5. The average molecular weight is 1680 g/mol. The summed E-state index contributed by atoms with van der Waals surface area (Å²) < 4.78 is 9.23. The Bertz CT molecular complexity index is 9530. The molecule has 0 unspecified atom stereocenters. The van der Waals surface area contributed by atoms with Crippen molar-refractivity contribution in [3.8, 4) is 91.1 Å². The number of aromatic nitrogens is 10. The van der Waals surface area contributed by atoms with Gasteiger partial charge in [0.05, 0.1) is 44.1 Å². The van der Waals surface area contributed by atoms with Crippen molar-refractivity contribution in [3.63, 3.8) is 0 Å². The lowest BCUT2D eigenvalue weighted by Crippen LogP contribution is -2.06. The first-order valence-electron chi connectivity index (χ1n) is 44.8. The van der Waals surface area contributed by atoms with E-state index in [4.69, 9.17) is 29.9 Å². The van der Waals surface area contributed by atoms with Crippen LogP contribution in [0.2, 0.25) is 0 Å². The standard InChI is InChI=1S/2C61H37N5/c1-3-14-41-33-46(25-21-38(41)11-1)59-62-60(47-26-22-39-12-2-4-15-42(39)34-47)64-61(63-59)66-56-20-10-8-18-52(56)54-37-44(28-32-58(54)66)43-27-31-57-53(36-43)51-17-7-9-19-55(51)65(57)48-29-30-50-45(35-48)24-23-40-13-5-6-16-49(40)50;1-3-14-42-33-46(25-21-38(42)11-1)59-62-60(47-26-22-39-12-2-4-15-43(39)34-47)64-61(63-59)66-56-20-10-8-18-51(56)54-36-45(29-32-58(54)66)44-28-31-57-53(35-44)50-17-7-9-19-55(50)65(57)48-30-27-41-24-23-40-13-5-6-16-49(40)52(41)37-48/h2*1-37H. The molecule has 6 aromatic heterocycles. The van der Waals surface area contributed by atoms with Gasteiger partial charge in [-0.2, -0.15) is 19.9 Å². The van der Waals surface area contributed by atoms with Crippen molar-refractivity contribution in [2.24, 2.45) is 0 Å². The van der Waals surface area contributed by atoms with Crippen molar-refractivity contribution < 1.29 is 0 Å². The summed E-state index contributed by atoms with van der Waals surface area (Å²) in [6.45, 7) is 0. The fourth-order valence-corrected chi connectivity index (χ4v) is 20.6. The topological polar surface area (TPSA) is 97.1 Å². The van der Waals surface area contributed by atoms with Crippen molar-refractivity contribution in [1.29, 1.82) is 0 Å². The summed E-state index contributed by atoms with van der Waals surface area (Å²) in [4.78, 5) is 31.5. The molecule has 0 spiro atoms. The third-order valence-corrected chi connectivity index (χ3v) is 27.0. The largest absolute Gasteiger partial charge is 0.309 e. The normalized spacial score (nSPS) is 11.9.